The van der Waals surface area contributed by atoms with Gasteiger partial charge in [-0.05, 0) is 24.2 Å². The second-order valence-electron chi connectivity index (χ2n) is 2.87. The maximum absolute atomic E-state index is 2.40. The standard InChI is InChI=1S/C7H15S/c1-6-4-5-8(3)7(6)2/h6-7H,4-5H2,1-3H3/q+1/t6-,7+,8?/m0/s1. The van der Waals surface area contributed by atoms with Crippen molar-refractivity contribution in [3.05, 3.63) is 0 Å². The van der Waals surface area contributed by atoms with Crippen molar-refractivity contribution in [1.82, 2.24) is 0 Å². The smallest absolute Gasteiger partial charge is 0.0576 e. The van der Waals surface area contributed by atoms with E-state index >= 15 is 0 Å². The van der Waals surface area contributed by atoms with Crippen LogP contribution in [-0.4, -0.2) is 17.3 Å². The van der Waals surface area contributed by atoms with Crippen LogP contribution in [0.5, 0.6) is 0 Å². The molecule has 0 aromatic carbocycles. The normalized spacial score (nSPS) is 47.6. The van der Waals surface area contributed by atoms with E-state index < -0.39 is 0 Å². The summed E-state index contributed by atoms with van der Waals surface area (Å²) in [4.78, 5) is 0. The summed E-state index contributed by atoms with van der Waals surface area (Å²) in [6, 6.07) is 0. The lowest BCUT2D eigenvalue weighted by Crippen LogP contribution is -2.14. The van der Waals surface area contributed by atoms with E-state index in [-0.39, 0.29) is 0 Å². The molecule has 8 heavy (non-hydrogen) atoms. The highest BCUT2D eigenvalue weighted by Crippen LogP contribution is 2.25. The molecule has 0 nitrogen and oxygen atoms in total. The van der Waals surface area contributed by atoms with Crippen LogP contribution in [0.15, 0.2) is 0 Å². The monoisotopic (exact) mass is 131 g/mol. The summed E-state index contributed by atoms with van der Waals surface area (Å²) in [5.74, 6) is 2.49. The predicted molar refractivity (Wildman–Crippen MR) is 41.4 cm³/mol. The Balaban J connectivity index is 2.44. The fourth-order valence-corrected chi connectivity index (χ4v) is 3.23. The summed E-state index contributed by atoms with van der Waals surface area (Å²) in [5.41, 5.74) is 0. The summed E-state index contributed by atoms with van der Waals surface area (Å²) < 4.78 is 0. The van der Waals surface area contributed by atoms with Crippen LogP contribution in [0, 0.1) is 5.92 Å². The van der Waals surface area contributed by atoms with Crippen molar-refractivity contribution in [1.29, 1.82) is 0 Å². The first-order valence-corrected chi connectivity index (χ1v) is 5.19. The van der Waals surface area contributed by atoms with Crippen molar-refractivity contribution < 1.29 is 0 Å². The zero-order valence-electron chi connectivity index (χ0n) is 5.98. The lowest BCUT2D eigenvalue weighted by molar-refractivity contribution is 0.589. The molecule has 1 fully saturated rings. The summed E-state index contributed by atoms with van der Waals surface area (Å²) in [6.07, 6.45) is 3.87. The molecule has 1 heterocycles. The van der Waals surface area contributed by atoms with Crippen molar-refractivity contribution in [2.45, 2.75) is 25.5 Å². The van der Waals surface area contributed by atoms with Gasteiger partial charge >= 0.3 is 0 Å². The summed E-state index contributed by atoms with van der Waals surface area (Å²) in [5, 5.41) is 1.01. The molecule has 1 rings (SSSR count). The number of hydrogen-bond donors (Lipinski definition) is 0. The molecule has 0 aromatic rings. The Bertz CT molecular complexity index is 70.5. The van der Waals surface area contributed by atoms with Crippen LogP contribution in [-0.2, 0) is 10.9 Å². The fraction of sp³-hybridized carbons (Fsp3) is 1.00. The minimum atomic E-state index is 0.752. The van der Waals surface area contributed by atoms with Crippen molar-refractivity contribution >= 4 is 10.9 Å². The van der Waals surface area contributed by atoms with Crippen LogP contribution in [0.25, 0.3) is 0 Å². The highest BCUT2D eigenvalue weighted by atomic mass is 32.2. The van der Waals surface area contributed by atoms with Gasteiger partial charge in [0.05, 0.1) is 6.26 Å². The third-order valence-corrected chi connectivity index (χ3v) is 4.94. The first kappa shape index (κ1) is 6.47. The Hall–Kier alpha value is 0.350. The van der Waals surface area contributed by atoms with E-state index in [0.29, 0.717) is 0 Å². The molecule has 0 saturated carbocycles. The fourth-order valence-electron chi connectivity index (χ4n) is 1.19. The quantitative estimate of drug-likeness (QED) is 0.439. The van der Waals surface area contributed by atoms with Gasteiger partial charge in [-0.1, -0.05) is 6.92 Å². The molecule has 0 amide bonds. The summed E-state index contributed by atoms with van der Waals surface area (Å²) in [6.45, 7) is 4.77. The zero-order valence-corrected chi connectivity index (χ0v) is 6.79. The molecular formula is C7H15S+. The van der Waals surface area contributed by atoms with Crippen LogP contribution in [0.2, 0.25) is 0 Å². The maximum atomic E-state index is 2.40. The molecular weight excluding hydrogens is 116 g/mol. The minimum absolute atomic E-state index is 0.752. The molecule has 0 radical (unpaired) electrons. The summed E-state index contributed by atoms with van der Waals surface area (Å²) in [7, 11) is 0.752. The molecule has 1 aliphatic heterocycles. The molecule has 1 saturated heterocycles. The Kier molecular flexibility index (Phi) is 1.86. The van der Waals surface area contributed by atoms with Crippen LogP contribution in [0.1, 0.15) is 20.3 Å². The second-order valence-corrected chi connectivity index (χ2v) is 5.40. The molecule has 48 valence electrons. The third-order valence-electron chi connectivity index (χ3n) is 2.33. The van der Waals surface area contributed by atoms with E-state index in [1.54, 1.807) is 0 Å². The van der Waals surface area contributed by atoms with Crippen LogP contribution in [0.4, 0.5) is 0 Å². The first-order valence-electron chi connectivity index (χ1n) is 3.33. The van der Waals surface area contributed by atoms with Crippen LogP contribution < -0.4 is 0 Å². The molecule has 1 heteroatoms. The largest absolute Gasteiger partial charge is 0.117 e. The lowest BCUT2D eigenvalue weighted by atomic mass is 10.1. The van der Waals surface area contributed by atoms with Crippen LogP contribution in [0.3, 0.4) is 0 Å². The molecule has 0 spiro atoms. The molecule has 0 aromatic heterocycles. The Morgan fingerprint density at radius 2 is 2.00 bits per heavy atom. The van der Waals surface area contributed by atoms with Gasteiger partial charge in [0.1, 0.15) is 11.0 Å². The Morgan fingerprint density at radius 3 is 2.12 bits per heavy atom. The topological polar surface area (TPSA) is 0 Å². The van der Waals surface area contributed by atoms with Crippen molar-refractivity contribution in [2.75, 3.05) is 12.0 Å². The molecule has 1 unspecified atom stereocenters. The Morgan fingerprint density at radius 1 is 1.38 bits per heavy atom. The SMILES string of the molecule is C[C@@H]1[C@@H](C)CC[S+]1C. The Labute approximate surface area is 55.0 Å². The van der Waals surface area contributed by atoms with Crippen molar-refractivity contribution in [3.8, 4) is 0 Å². The number of hydrogen-bond acceptors (Lipinski definition) is 0. The molecule has 1 aliphatic rings. The maximum Gasteiger partial charge on any atom is 0.117 e. The predicted octanol–water partition coefficient (Wildman–Crippen LogP) is 1.66. The summed E-state index contributed by atoms with van der Waals surface area (Å²) >= 11 is 0. The minimum Gasteiger partial charge on any atom is -0.0576 e. The van der Waals surface area contributed by atoms with Gasteiger partial charge < -0.3 is 0 Å². The van der Waals surface area contributed by atoms with Gasteiger partial charge in [0.15, 0.2) is 0 Å². The molecule has 0 bridgehead atoms. The van der Waals surface area contributed by atoms with Gasteiger partial charge in [-0.3, -0.25) is 0 Å². The van der Waals surface area contributed by atoms with Gasteiger partial charge in [0.2, 0.25) is 0 Å². The van der Waals surface area contributed by atoms with Gasteiger partial charge in [-0.15, -0.1) is 0 Å². The average Bonchev–Trinajstić information content (AvgIpc) is 1.98. The number of rotatable bonds is 0. The van der Waals surface area contributed by atoms with E-state index in [0.717, 1.165) is 22.1 Å². The van der Waals surface area contributed by atoms with E-state index in [9.17, 15) is 0 Å². The van der Waals surface area contributed by atoms with Crippen LogP contribution >= 0.6 is 0 Å². The van der Waals surface area contributed by atoms with E-state index in [4.69, 9.17) is 0 Å². The first-order chi connectivity index (χ1) is 3.72. The zero-order chi connectivity index (χ0) is 6.15. The molecule has 0 aliphatic carbocycles. The lowest BCUT2D eigenvalue weighted by Gasteiger charge is -2.03. The molecule has 0 N–H and O–H groups in total. The van der Waals surface area contributed by atoms with E-state index in [1.807, 2.05) is 0 Å². The van der Waals surface area contributed by atoms with E-state index in [1.165, 1.54) is 12.2 Å². The van der Waals surface area contributed by atoms with Crippen molar-refractivity contribution in [3.63, 3.8) is 0 Å². The van der Waals surface area contributed by atoms with Gasteiger partial charge in [0.25, 0.3) is 0 Å². The second kappa shape index (κ2) is 2.30. The van der Waals surface area contributed by atoms with Crippen molar-refractivity contribution in [2.24, 2.45) is 5.92 Å². The van der Waals surface area contributed by atoms with E-state index in [2.05, 4.69) is 20.1 Å². The van der Waals surface area contributed by atoms with Gasteiger partial charge in [-0.25, -0.2) is 0 Å². The third kappa shape index (κ3) is 1.02. The molecule has 3 atom stereocenters. The van der Waals surface area contributed by atoms with Gasteiger partial charge in [-0.2, -0.15) is 0 Å². The average molecular weight is 131 g/mol. The van der Waals surface area contributed by atoms with Gasteiger partial charge in [0, 0.05) is 5.92 Å². The highest BCUT2D eigenvalue weighted by Gasteiger charge is 2.34. The highest BCUT2D eigenvalue weighted by molar-refractivity contribution is 7.97.